The maximum absolute atomic E-state index is 4.46. The standard InChI is InChI=1S/C14H24BrN3/c1-10-5-7-12(8-6-10)17(3)9-13-14(15)11(2)16-18(13)4/h10,12H,5-9H2,1-4H3. The molecule has 0 aliphatic heterocycles. The molecule has 0 aromatic carbocycles. The molecule has 0 amide bonds. The van der Waals surface area contributed by atoms with Crippen LogP contribution in [0.15, 0.2) is 4.47 Å². The lowest BCUT2D eigenvalue weighted by molar-refractivity contribution is 0.160. The van der Waals surface area contributed by atoms with Crippen molar-refractivity contribution in [3.05, 3.63) is 15.9 Å². The van der Waals surface area contributed by atoms with E-state index in [1.165, 1.54) is 35.8 Å². The van der Waals surface area contributed by atoms with E-state index in [4.69, 9.17) is 0 Å². The Kier molecular flexibility index (Phi) is 4.49. The van der Waals surface area contributed by atoms with E-state index in [9.17, 15) is 0 Å². The molecule has 2 rings (SSSR count). The quantitative estimate of drug-likeness (QED) is 0.851. The third kappa shape index (κ3) is 2.97. The van der Waals surface area contributed by atoms with E-state index in [2.05, 4.69) is 46.8 Å². The molecule has 0 radical (unpaired) electrons. The lowest BCUT2D eigenvalue weighted by Gasteiger charge is -2.33. The highest BCUT2D eigenvalue weighted by Gasteiger charge is 2.23. The van der Waals surface area contributed by atoms with Crippen LogP contribution in [0.5, 0.6) is 0 Å². The summed E-state index contributed by atoms with van der Waals surface area (Å²) in [7, 11) is 4.28. The summed E-state index contributed by atoms with van der Waals surface area (Å²) < 4.78 is 3.17. The number of hydrogen-bond acceptors (Lipinski definition) is 2. The van der Waals surface area contributed by atoms with Crippen molar-refractivity contribution < 1.29 is 0 Å². The highest BCUT2D eigenvalue weighted by atomic mass is 79.9. The molecule has 0 N–H and O–H groups in total. The van der Waals surface area contributed by atoms with Gasteiger partial charge in [0.25, 0.3) is 0 Å². The summed E-state index contributed by atoms with van der Waals surface area (Å²) in [6.07, 6.45) is 5.43. The molecule has 0 atom stereocenters. The van der Waals surface area contributed by atoms with Gasteiger partial charge in [0.1, 0.15) is 0 Å². The maximum atomic E-state index is 4.46. The van der Waals surface area contributed by atoms with Crippen molar-refractivity contribution in [1.82, 2.24) is 14.7 Å². The van der Waals surface area contributed by atoms with Gasteiger partial charge in [0.15, 0.2) is 0 Å². The molecule has 1 fully saturated rings. The molecular formula is C14H24BrN3. The van der Waals surface area contributed by atoms with Crippen LogP contribution in [-0.4, -0.2) is 27.8 Å². The number of rotatable bonds is 3. The van der Waals surface area contributed by atoms with Crippen LogP contribution in [-0.2, 0) is 13.6 Å². The molecule has 18 heavy (non-hydrogen) atoms. The largest absolute Gasteiger partial charge is 0.298 e. The molecule has 0 saturated heterocycles. The Morgan fingerprint density at radius 2 is 1.94 bits per heavy atom. The second kappa shape index (κ2) is 5.74. The molecule has 4 heteroatoms. The van der Waals surface area contributed by atoms with Crippen LogP contribution in [0.3, 0.4) is 0 Å². The summed E-state index contributed by atoms with van der Waals surface area (Å²) in [4.78, 5) is 2.49. The van der Waals surface area contributed by atoms with Gasteiger partial charge in [0.05, 0.1) is 15.9 Å². The topological polar surface area (TPSA) is 21.1 Å². The molecule has 102 valence electrons. The fourth-order valence-electron chi connectivity index (χ4n) is 2.90. The normalized spacial score (nSPS) is 24.8. The zero-order valence-electron chi connectivity index (χ0n) is 11.9. The Morgan fingerprint density at radius 3 is 2.44 bits per heavy atom. The van der Waals surface area contributed by atoms with Gasteiger partial charge in [-0.25, -0.2) is 0 Å². The van der Waals surface area contributed by atoms with Crippen LogP contribution >= 0.6 is 15.9 Å². The second-order valence-electron chi connectivity index (χ2n) is 5.80. The summed E-state index contributed by atoms with van der Waals surface area (Å²) in [5.41, 5.74) is 2.37. The van der Waals surface area contributed by atoms with Crippen LogP contribution in [0, 0.1) is 12.8 Å². The highest BCUT2D eigenvalue weighted by Crippen LogP contribution is 2.28. The highest BCUT2D eigenvalue weighted by molar-refractivity contribution is 9.10. The van der Waals surface area contributed by atoms with E-state index >= 15 is 0 Å². The zero-order chi connectivity index (χ0) is 13.3. The van der Waals surface area contributed by atoms with Gasteiger partial charge in [0.2, 0.25) is 0 Å². The molecule has 1 aliphatic carbocycles. The monoisotopic (exact) mass is 313 g/mol. The van der Waals surface area contributed by atoms with E-state index in [0.717, 1.165) is 24.2 Å². The van der Waals surface area contributed by atoms with Crippen molar-refractivity contribution in [2.75, 3.05) is 7.05 Å². The first-order valence-corrected chi connectivity index (χ1v) is 7.66. The average molecular weight is 314 g/mol. The Bertz CT molecular complexity index is 405. The number of halogens is 1. The van der Waals surface area contributed by atoms with E-state index in [1.807, 2.05) is 11.7 Å². The Labute approximate surface area is 119 Å². The molecule has 1 aromatic rings. The Hall–Kier alpha value is -0.350. The SMILES string of the molecule is Cc1nn(C)c(CN(C)C2CCC(C)CC2)c1Br. The van der Waals surface area contributed by atoms with Crippen molar-refractivity contribution >= 4 is 15.9 Å². The van der Waals surface area contributed by atoms with Crippen LogP contribution < -0.4 is 0 Å². The molecule has 0 spiro atoms. The van der Waals surface area contributed by atoms with Gasteiger partial charge in [-0.05, 0) is 61.5 Å². The molecule has 0 bridgehead atoms. The summed E-state index contributed by atoms with van der Waals surface area (Å²) in [5.74, 6) is 0.917. The van der Waals surface area contributed by atoms with Crippen LogP contribution in [0.2, 0.25) is 0 Å². The minimum Gasteiger partial charge on any atom is -0.298 e. The van der Waals surface area contributed by atoms with E-state index in [1.54, 1.807) is 0 Å². The van der Waals surface area contributed by atoms with Gasteiger partial charge < -0.3 is 0 Å². The molecular weight excluding hydrogens is 290 g/mol. The first kappa shape index (κ1) is 14.1. The van der Waals surface area contributed by atoms with E-state index < -0.39 is 0 Å². The summed E-state index contributed by atoms with van der Waals surface area (Å²) in [6.45, 7) is 5.41. The maximum Gasteiger partial charge on any atom is 0.0739 e. The number of aromatic nitrogens is 2. The van der Waals surface area contributed by atoms with Crippen molar-refractivity contribution in [3.63, 3.8) is 0 Å². The second-order valence-corrected chi connectivity index (χ2v) is 6.59. The summed E-state index contributed by atoms with van der Waals surface area (Å²) in [6, 6.07) is 0.739. The third-order valence-electron chi connectivity index (χ3n) is 4.27. The molecule has 1 aromatic heterocycles. The number of hydrogen-bond donors (Lipinski definition) is 0. The molecule has 1 saturated carbocycles. The molecule has 3 nitrogen and oxygen atoms in total. The fourth-order valence-corrected chi connectivity index (χ4v) is 3.36. The van der Waals surface area contributed by atoms with E-state index in [-0.39, 0.29) is 0 Å². The van der Waals surface area contributed by atoms with Gasteiger partial charge in [-0.2, -0.15) is 5.10 Å². The van der Waals surface area contributed by atoms with E-state index in [0.29, 0.717) is 0 Å². The predicted molar refractivity (Wildman–Crippen MR) is 78.5 cm³/mol. The first-order chi connectivity index (χ1) is 8.49. The zero-order valence-corrected chi connectivity index (χ0v) is 13.5. The van der Waals surface area contributed by atoms with Gasteiger partial charge in [-0.1, -0.05) is 6.92 Å². The van der Waals surface area contributed by atoms with Crippen LogP contribution in [0.25, 0.3) is 0 Å². The van der Waals surface area contributed by atoms with Crippen molar-refractivity contribution in [3.8, 4) is 0 Å². The summed E-state index contributed by atoms with van der Waals surface area (Å²) >= 11 is 3.65. The average Bonchev–Trinajstić information content (AvgIpc) is 2.57. The lowest BCUT2D eigenvalue weighted by Crippen LogP contribution is -2.34. The Balaban J connectivity index is 2.00. The first-order valence-electron chi connectivity index (χ1n) is 6.87. The molecule has 1 aliphatic rings. The summed E-state index contributed by atoms with van der Waals surface area (Å²) in [5, 5.41) is 4.46. The smallest absolute Gasteiger partial charge is 0.0739 e. The number of aryl methyl sites for hydroxylation is 2. The molecule has 0 unspecified atom stereocenters. The third-order valence-corrected chi connectivity index (χ3v) is 5.30. The Morgan fingerprint density at radius 1 is 1.33 bits per heavy atom. The fraction of sp³-hybridized carbons (Fsp3) is 0.786. The van der Waals surface area contributed by atoms with Crippen LogP contribution in [0.4, 0.5) is 0 Å². The van der Waals surface area contributed by atoms with Crippen LogP contribution in [0.1, 0.15) is 44.0 Å². The molecule has 1 heterocycles. The van der Waals surface area contributed by atoms with Crippen molar-refractivity contribution in [1.29, 1.82) is 0 Å². The minimum absolute atomic E-state index is 0.739. The van der Waals surface area contributed by atoms with Gasteiger partial charge in [-0.3, -0.25) is 9.58 Å². The predicted octanol–water partition coefficient (Wildman–Crippen LogP) is 3.50. The van der Waals surface area contributed by atoms with Crippen molar-refractivity contribution in [2.45, 2.75) is 52.1 Å². The lowest BCUT2D eigenvalue weighted by atomic mass is 9.87. The minimum atomic E-state index is 0.739. The van der Waals surface area contributed by atoms with Gasteiger partial charge in [0, 0.05) is 19.6 Å². The van der Waals surface area contributed by atoms with Gasteiger partial charge in [-0.15, -0.1) is 0 Å². The van der Waals surface area contributed by atoms with Gasteiger partial charge >= 0.3 is 0 Å². The number of nitrogens with zero attached hydrogens (tertiary/aromatic N) is 3. The van der Waals surface area contributed by atoms with Crippen molar-refractivity contribution in [2.24, 2.45) is 13.0 Å².